The highest BCUT2D eigenvalue weighted by atomic mass is 16.2. The molecule has 2 heterocycles. The quantitative estimate of drug-likeness (QED) is 0.935. The molecule has 1 N–H and O–H groups in total. The van der Waals surface area contributed by atoms with Crippen LogP contribution in [0.5, 0.6) is 0 Å². The van der Waals surface area contributed by atoms with Crippen LogP contribution in [-0.4, -0.2) is 30.4 Å². The predicted octanol–water partition coefficient (Wildman–Crippen LogP) is 3.18. The fraction of sp³-hybridized carbons (Fsp3) is 0.409. The highest BCUT2D eigenvalue weighted by Crippen LogP contribution is 2.36. The number of amides is 1. The van der Waals surface area contributed by atoms with Crippen LogP contribution in [-0.2, 0) is 24.2 Å². The van der Waals surface area contributed by atoms with Gasteiger partial charge in [0.25, 0.3) is 0 Å². The molecular formula is C22H26N2O. The van der Waals surface area contributed by atoms with Gasteiger partial charge in [-0.05, 0) is 55.5 Å². The molecule has 3 heteroatoms. The number of hydrogen-bond donors (Lipinski definition) is 1. The molecule has 4 rings (SSSR count). The largest absolute Gasteiger partial charge is 0.338 e. The number of nitrogens with one attached hydrogen (secondary N) is 1. The maximum Gasteiger partial charge on any atom is 0.229 e. The van der Waals surface area contributed by atoms with Crippen molar-refractivity contribution in [2.75, 3.05) is 19.6 Å². The van der Waals surface area contributed by atoms with Crippen LogP contribution in [0.2, 0.25) is 0 Å². The van der Waals surface area contributed by atoms with Gasteiger partial charge in [-0.25, -0.2) is 0 Å². The molecule has 2 aliphatic heterocycles. The summed E-state index contributed by atoms with van der Waals surface area (Å²) in [6.07, 6.45) is 3.69. The third-order valence-corrected chi connectivity index (χ3v) is 5.82. The Hall–Kier alpha value is -2.13. The van der Waals surface area contributed by atoms with Gasteiger partial charge in [0.15, 0.2) is 0 Å². The highest BCUT2D eigenvalue weighted by Gasteiger charge is 2.42. The lowest BCUT2D eigenvalue weighted by molar-refractivity contribution is -0.145. The minimum absolute atomic E-state index is 0.251. The van der Waals surface area contributed by atoms with E-state index in [9.17, 15) is 4.79 Å². The molecule has 2 aromatic rings. The maximum absolute atomic E-state index is 13.6. The summed E-state index contributed by atoms with van der Waals surface area (Å²) < 4.78 is 0. The lowest BCUT2D eigenvalue weighted by Gasteiger charge is -2.41. The second-order valence-corrected chi connectivity index (χ2v) is 7.44. The summed E-state index contributed by atoms with van der Waals surface area (Å²) in [5.41, 5.74) is 3.73. The zero-order valence-corrected chi connectivity index (χ0v) is 14.7. The first-order chi connectivity index (χ1) is 12.3. The fourth-order valence-corrected chi connectivity index (χ4v) is 4.36. The molecule has 3 nitrogen and oxygen atoms in total. The first kappa shape index (κ1) is 16.3. The summed E-state index contributed by atoms with van der Waals surface area (Å²) in [5.74, 6) is 0.354. The normalized spacial score (nSPS) is 19.3. The molecule has 0 bridgehead atoms. The van der Waals surface area contributed by atoms with E-state index in [0.717, 1.165) is 51.9 Å². The van der Waals surface area contributed by atoms with Crippen molar-refractivity contribution < 1.29 is 4.79 Å². The first-order valence-electron chi connectivity index (χ1n) is 9.38. The minimum Gasteiger partial charge on any atom is -0.338 e. The Morgan fingerprint density at radius 1 is 0.960 bits per heavy atom. The number of fused-ring (bicyclic) bond motifs is 1. The molecule has 1 saturated heterocycles. The third-order valence-electron chi connectivity index (χ3n) is 5.82. The molecule has 0 aliphatic carbocycles. The van der Waals surface area contributed by atoms with E-state index in [1.807, 2.05) is 6.07 Å². The van der Waals surface area contributed by atoms with Gasteiger partial charge in [0.2, 0.25) is 5.91 Å². The van der Waals surface area contributed by atoms with Gasteiger partial charge in [0.1, 0.15) is 0 Å². The smallest absolute Gasteiger partial charge is 0.229 e. The average Bonchev–Trinajstić information content (AvgIpc) is 2.68. The summed E-state index contributed by atoms with van der Waals surface area (Å²) >= 11 is 0. The van der Waals surface area contributed by atoms with Crippen molar-refractivity contribution in [3.05, 3.63) is 71.3 Å². The number of nitrogens with zero attached hydrogens (tertiary/aromatic N) is 1. The van der Waals surface area contributed by atoms with Crippen LogP contribution in [0.1, 0.15) is 29.5 Å². The van der Waals surface area contributed by atoms with E-state index in [-0.39, 0.29) is 5.41 Å². The molecule has 130 valence electrons. The van der Waals surface area contributed by atoms with Crippen molar-refractivity contribution >= 4 is 5.91 Å². The van der Waals surface area contributed by atoms with Crippen LogP contribution in [0.15, 0.2) is 54.6 Å². The lowest BCUT2D eigenvalue weighted by Crippen LogP contribution is -2.51. The molecule has 0 atom stereocenters. The average molecular weight is 334 g/mol. The summed E-state index contributed by atoms with van der Waals surface area (Å²) in [6, 6.07) is 19.0. The van der Waals surface area contributed by atoms with Crippen molar-refractivity contribution in [1.82, 2.24) is 10.2 Å². The number of carbonyl (C=O) groups is 1. The van der Waals surface area contributed by atoms with E-state index in [0.29, 0.717) is 5.91 Å². The second-order valence-electron chi connectivity index (χ2n) is 7.44. The molecule has 1 fully saturated rings. The fourth-order valence-electron chi connectivity index (χ4n) is 4.36. The summed E-state index contributed by atoms with van der Waals surface area (Å²) in [6.45, 7) is 3.48. The van der Waals surface area contributed by atoms with Gasteiger partial charge in [-0.1, -0.05) is 54.6 Å². The molecule has 0 spiro atoms. The molecule has 2 aromatic carbocycles. The van der Waals surface area contributed by atoms with Crippen LogP contribution >= 0.6 is 0 Å². The van der Waals surface area contributed by atoms with Gasteiger partial charge in [-0.2, -0.15) is 0 Å². The van der Waals surface area contributed by atoms with Crippen molar-refractivity contribution in [3.63, 3.8) is 0 Å². The Morgan fingerprint density at radius 3 is 2.40 bits per heavy atom. The van der Waals surface area contributed by atoms with Crippen LogP contribution in [0.4, 0.5) is 0 Å². The SMILES string of the molecule is O=C(N1CCc2ccccc2C1)C1(Cc2ccccc2)CCNCC1. The Morgan fingerprint density at radius 2 is 1.64 bits per heavy atom. The van der Waals surface area contributed by atoms with Crippen molar-refractivity contribution in [3.8, 4) is 0 Å². The van der Waals surface area contributed by atoms with E-state index in [2.05, 4.69) is 58.7 Å². The van der Waals surface area contributed by atoms with E-state index in [1.54, 1.807) is 0 Å². The second kappa shape index (κ2) is 7.01. The summed E-state index contributed by atoms with van der Waals surface area (Å²) in [7, 11) is 0. The van der Waals surface area contributed by atoms with Crippen LogP contribution in [0, 0.1) is 5.41 Å². The number of rotatable bonds is 3. The van der Waals surface area contributed by atoms with Gasteiger partial charge in [0, 0.05) is 13.1 Å². The van der Waals surface area contributed by atoms with E-state index < -0.39 is 0 Å². The van der Waals surface area contributed by atoms with E-state index >= 15 is 0 Å². The molecular weight excluding hydrogens is 308 g/mol. The van der Waals surface area contributed by atoms with Crippen molar-refractivity contribution in [1.29, 1.82) is 0 Å². The van der Waals surface area contributed by atoms with E-state index in [4.69, 9.17) is 0 Å². The molecule has 0 aromatic heterocycles. The molecule has 1 amide bonds. The number of benzene rings is 2. The van der Waals surface area contributed by atoms with Gasteiger partial charge in [0.05, 0.1) is 5.41 Å². The van der Waals surface area contributed by atoms with E-state index in [1.165, 1.54) is 16.7 Å². The third kappa shape index (κ3) is 3.34. The minimum atomic E-state index is -0.251. The van der Waals surface area contributed by atoms with Gasteiger partial charge in [-0.15, -0.1) is 0 Å². The summed E-state index contributed by atoms with van der Waals surface area (Å²) in [5, 5.41) is 3.43. The Bertz CT molecular complexity index is 735. The van der Waals surface area contributed by atoms with Gasteiger partial charge >= 0.3 is 0 Å². The highest BCUT2D eigenvalue weighted by molar-refractivity contribution is 5.83. The Labute approximate surface area is 150 Å². The molecule has 0 unspecified atom stereocenters. The van der Waals surface area contributed by atoms with Crippen LogP contribution in [0.3, 0.4) is 0 Å². The zero-order chi connectivity index (χ0) is 17.1. The molecule has 0 saturated carbocycles. The Kier molecular flexibility index (Phi) is 4.58. The molecule has 2 aliphatic rings. The van der Waals surface area contributed by atoms with Crippen LogP contribution in [0.25, 0.3) is 0 Å². The Balaban J connectivity index is 1.58. The number of piperidine rings is 1. The predicted molar refractivity (Wildman–Crippen MR) is 100 cm³/mol. The number of carbonyl (C=O) groups excluding carboxylic acids is 1. The maximum atomic E-state index is 13.6. The topological polar surface area (TPSA) is 32.3 Å². The lowest BCUT2D eigenvalue weighted by atomic mass is 9.72. The number of hydrogen-bond acceptors (Lipinski definition) is 2. The molecule has 0 radical (unpaired) electrons. The summed E-state index contributed by atoms with van der Waals surface area (Å²) in [4.78, 5) is 15.7. The van der Waals surface area contributed by atoms with Gasteiger partial charge < -0.3 is 10.2 Å². The monoisotopic (exact) mass is 334 g/mol. The van der Waals surface area contributed by atoms with Crippen LogP contribution < -0.4 is 5.32 Å². The molecule has 25 heavy (non-hydrogen) atoms. The first-order valence-corrected chi connectivity index (χ1v) is 9.38. The van der Waals surface area contributed by atoms with Gasteiger partial charge in [-0.3, -0.25) is 4.79 Å². The zero-order valence-electron chi connectivity index (χ0n) is 14.7. The van der Waals surface area contributed by atoms with Crippen molar-refractivity contribution in [2.24, 2.45) is 5.41 Å². The van der Waals surface area contributed by atoms with Crippen molar-refractivity contribution in [2.45, 2.75) is 32.2 Å². The standard InChI is InChI=1S/C22H26N2O/c25-21(24-15-10-19-8-4-5-9-20(19)17-24)22(11-13-23-14-12-22)16-18-6-2-1-3-7-18/h1-9,23H,10-17H2.